The third-order valence-corrected chi connectivity index (χ3v) is 2.79. The fraction of sp³-hybridized carbons (Fsp3) is 0.231. The van der Waals surface area contributed by atoms with Crippen LogP contribution in [-0.4, -0.2) is 13.7 Å². The highest BCUT2D eigenvalue weighted by molar-refractivity contribution is 5.91. The van der Waals surface area contributed by atoms with Crippen molar-refractivity contribution in [3.63, 3.8) is 0 Å². The first-order valence-corrected chi connectivity index (χ1v) is 5.29. The van der Waals surface area contributed by atoms with Gasteiger partial charge in [0.25, 0.3) is 0 Å². The summed E-state index contributed by atoms with van der Waals surface area (Å²) in [6.45, 7) is 0.441. The summed E-state index contributed by atoms with van der Waals surface area (Å²) in [5.74, 6) is 0.864. The Hall–Kier alpha value is -1.58. The van der Waals surface area contributed by atoms with Crippen molar-refractivity contribution < 1.29 is 4.74 Å². The van der Waals surface area contributed by atoms with Crippen molar-refractivity contribution in [3.05, 3.63) is 42.0 Å². The van der Waals surface area contributed by atoms with E-state index in [1.54, 1.807) is 7.11 Å². The molecule has 0 saturated carbocycles. The highest BCUT2D eigenvalue weighted by atomic mass is 16.5. The molecule has 0 bridgehead atoms. The third kappa shape index (κ3) is 1.75. The number of benzene rings is 2. The lowest BCUT2D eigenvalue weighted by molar-refractivity contribution is 0.419. The van der Waals surface area contributed by atoms with Crippen molar-refractivity contribution in [2.75, 3.05) is 13.7 Å². The van der Waals surface area contributed by atoms with Crippen LogP contribution in [0.15, 0.2) is 36.4 Å². The molecule has 4 N–H and O–H groups in total. The summed E-state index contributed by atoms with van der Waals surface area (Å²) in [6.07, 6.45) is 0. The maximum atomic E-state index is 5.99. The maximum absolute atomic E-state index is 5.99. The van der Waals surface area contributed by atoms with Crippen LogP contribution in [0.3, 0.4) is 0 Å². The monoisotopic (exact) mass is 216 g/mol. The number of fused-ring (bicyclic) bond motifs is 1. The fourth-order valence-corrected chi connectivity index (χ4v) is 1.92. The quantitative estimate of drug-likeness (QED) is 0.822. The zero-order valence-electron chi connectivity index (χ0n) is 9.31. The molecule has 3 heteroatoms. The van der Waals surface area contributed by atoms with Gasteiger partial charge in [0.1, 0.15) is 5.75 Å². The van der Waals surface area contributed by atoms with Gasteiger partial charge in [0.05, 0.1) is 7.11 Å². The second kappa shape index (κ2) is 4.51. The van der Waals surface area contributed by atoms with Gasteiger partial charge in [0.2, 0.25) is 0 Å². The fourth-order valence-electron chi connectivity index (χ4n) is 1.92. The Kier molecular flexibility index (Phi) is 3.08. The van der Waals surface area contributed by atoms with Crippen LogP contribution in [0.1, 0.15) is 11.6 Å². The molecule has 0 aliphatic rings. The SMILES string of the molecule is COc1ccc([C@H](N)CN)c2ccccc12. The Balaban J connectivity index is 2.69. The number of hydrogen-bond donors (Lipinski definition) is 2. The van der Waals surface area contributed by atoms with Crippen LogP contribution >= 0.6 is 0 Å². The highest BCUT2D eigenvalue weighted by Gasteiger charge is 2.10. The van der Waals surface area contributed by atoms with Gasteiger partial charge < -0.3 is 16.2 Å². The van der Waals surface area contributed by atoms with E-state index in [0.29, 0.717) is 6.54 Å². The Morgan fingerprint density at radius 2 is 1.81 bits per heavy atom. The summed E-state index contributed by atoms with van der Waals surface area (Å²) in [5.41, 5.74) is 12.7. The van der Waals surface area contributed by atoms with E-state index < -0.39 is 0 Å². The predicted molar refractivity (Wildman–Crippen MR) is 66.5 cm³/mol. The van der Waals surface area contributed by atoms with Crippen LogP contribution in [0.4, 0.5) is 0 Å². The molecule has 0 saturated heterocycles. The highest BCUT2D eigenvalue weighted by Crippen LogP contribution is 2.30. The summed E-state index contributed by atoms with van der Waals surface area (Å²) in [5, 5.41) is 2.19. The molecule has 16 heavy (non-hydrogen) atoms. The molecule has 2 rings (SSSR count). The van der Waals surface area contributed by atoms with E-state index in [0.717, 1.165) is 22.1 Å². The first-order valence-electron chi connectivity index (χ1n) is 5.29. The third-order valence-electron chi connectivity index (χ3n) is 2.79. The van der Waals surface area contributed by atoms with Crippen molar-refractivity contribution in [3.8, 4) is 5.75 Å². The van der Waals surface area contributed by atoms with E-state index >= 15 is 0 Å². The maximum Gasteiger partial charge on any atom is 0.126 e. The molecule has 2 aromatic rings. The molecule has 3 nitrogen and oxygen atoms in total. The van der Waals surface area contributed by atoms with E-state index in [4.69, 9.17) is 16.2 Å². The van der Waals surface area contributed by atoms with E-state index in [9.17, 15) is 0 Å². The van der Waals surface area contributed by atoms with Crippen LogP contribution in [-0.2, 0) is 0 Å². The van der Waals surface area contributed by atoms with Gasteiger partial charge in [-0.3, -0.25) is 0 Å². The van der Waals surface area contributed by atoms with Gasteiger partial charge in [-0.05, 0) is 17.0 Å². The molecule has 0 spiro atoms. The van der Waals surface area contributed by atoms with Gasteiger partial charge >= 0.3 is 0 Å². The van der Waals surface area contributed by atoms with Crippen molar-refractivity contribution in [1.29, 1.82) is 0 Å². The largest absolute Gasteiger partial charge is 0.496 e. The van der Waals surface area contributed by atoms with Crippen LogP contribution in [0.2, 0.25) is 0 Å². The predicted octanol–water partition coefficient (Wildman–Crippen LogP) is 1.81. The number of ether oxygens (including phenoxy) is 1. The van der Waals surface area contributed by atoms with Crippen LogP contribution < -0.4 is 16.2 Å². The van der Waals surface area contributed by atoms with Gasteiger partial charge in [0.15, 0.2) is 0 Å². The van der Waals surface area contributed by atoms with E-state index in [1.807, 2.05) is 36.4 Å². The van der Waals surface area contributed by atoms with E-state index in [-0.39, 0.29) is 6.04 Å². The lowest BCUT2D eigenvalue weighted by atomic mass is 9.98. The molecule has 0 radical (unpaired) electrons. The van der Waals surface area contributed by atoms with Crippen LogP contribution in [0, 0.1) is 0 Å². The lowest BCUT2D eigenvalue weighted by Crippen LogP contribution is -2.20. The number of rotatable bonds is 3. The minimum absolute atomic E-state index is 0.129. The Morgan fingerprint density at radius 1 is 1.12 bits per heavy atom. The molecule has 0 unspecified atom stereocenters. The zero-order valence-corrected chi connectivity index (χ0v) is 9.31. The first-order chi connectivity index (χ1) is 7.77. The second-order valence-corrected chi connectivity index (χ2v) is 3.74. The van der Waals surface area contributed by atoms with Crippen molar-refractivity contribution in [1.82, 2.24) is 0 Å². The molecule has 2 aromatic carbocycles. The van der Waals surface area contributed by atoms with Crippen molar-refractivity contribution >= 4 is 10.8 Å². The number of methoxy groups -OCH3 is 1. The van der Waals surface area contributed by atoms with Gasteiger partial charge in [0, 0.05) is 18.0 Å². The average molecular weight is 216 g/mol. The summed E-state index contributed by atoms with van der Waals surface area (Å²) >= 11 is 0. The Labute approximate surface area is 95.0 Å². The molecular weight excluding hydrogens is 200 g/mol. The molecule has 0 aliphatic heterocycles. The number of nitrogens with two attached hydrogens (primary N) is 2. The normalized spacial score (nSPS) is 12.7. The van der Waals surface area contributed by atoms with Gasteiger partial charge in [-0.15, -0.1) is 0 Å². The summed E-state index contributed by atoms with van der Waals surface area (Å²) < 4.78 is 5.32. The smallest absolute Gasteiger partial charge is 0.126 e. The summed E-state index contributed by atoms with van der Waals surface area (Å²) in [6, 6.07) is 11.8. The van der Waals surface area contributed by atoms with E-state index in [2.05, 4.69) is 0 Å². The molecule has 0 fully saturated rings. The standard InChI is InChI=1S/C13H16N2O/c1-16-13-7-6-10(12(15)8-14)9-4-2-3-5-11(9)13/h2-7,12H,8,14-15H2,1H3/t12-/m1/s1. The molecule has 0 heterocycles. The minimum atomic E-state index is -0.129. The van der Waals surface area contributed by atoms with Crippen molar-refractivity contribution in [2.24, 2.45) is 11.5 Å². The number of hydrogen-bond acceptors (Lipinski definition) is 3. The lowest BCUT2D eigenvalue weighted by Gasteiger charge is -2.14. The van der Waals surface area contributed by atoms with Gasteiger partial charge in [-0.2, -0.15) is 0 Å². The summed E-state index contributed by atoms with van der Waals surface area (Å²) in [4.78, 5) is 0. The van der Waals surface area contributed by atoms with Crippen LogP contribution in [0.25, 0.3) is 10.8 Å². The molecule has 1 atom stereocenters. The second-order valence-electron chi connectivity index (χ2n) is 3.74. The van der Waals surface area contributed by atoms with Gasteiger partial charge in [-0.1, -0.05) is 30.3 Å². The zero-order chi connectivity index (χ0) is 11.5. The molecular formula is C13H16N2O. The average Bonchev–Trinajstić information content (AvgIpc) is 2.36. The first kappa shape index (κ1) is 10.9. The summed E-state index contributed by atoms with van der Waals surface area (Å²) in [7, 11) is 1.67. The molecule has 0 aliphatic carbocycles. The van der Waals surface area contributed by atoms with Gasteiger partial charge in [-0.25, -0.2) is 0 Å². The topological polar surface area (TPSA) is 61.3 Å². The van der Waals surface area contributed by atoms with E-state index in [1.165, 1.54) is 0 Å². The minimum Gasteiger partial charge on any atom is -0.496 e. The Morgan fingerprint density at radius 3 is 2.44 bits per heavy atom. The van der Waals surface area contributed by atoms with Crippen molar-refractivity contribution in [2.45, 2.75) is 6.04 Å². The molecule has 84 valence electrons. The Bertz CT molecular complexity index is 496. The molecule has 0 aromatic heterocycles. The van der Waals surface area contributed by atoms with Crippen LogP contribution in [0.5, 0.6) is 5.75 Å². The molecule has 0 amide bonds.